The molecular weight excluding hydrogens is 322 g/mol. The molecule has 2 aromatic rings. The average Bonchev–Trinajstić information content (AvgIpc) is 2.88. The number of hydrogen-bond donors (Lipinski definition) is 1. The Kier molecular flexibility index (Phi) is 4.92. The maximum absolute atomic E-state index is 12.2. The largest absolute Gasteiger partial charge is 0.496 e. The maximum Gasteiger partial charge on any atom is 0.187 e. The summed E-state index contributed by atoms with van der Waals surface area (Å²) in [5, 5.41) is 0. The quantitative estimate of drug-likeness (QED) is 0.819. The number of imidazole rings is 1. The van der Waals surface area contributed by atoms with Gasteiger partial charge in [-0.3, -0.25) is 4.79 Å². The summed E-state index contributed by atoms with van der Waals surface area (Å²) in [4.78, 5) is 16.3. The number of carbonyl (C=O) groups excluding carboxylic acids is 1. The lowest BCUT2D eigenvalue weighted by Gasteiger charge is -2.07. The Bertz CT molecular complexity index is 610. The van der Waals surface area contributed by atoms with E-state index < -0.39 is 0 Å². The summed E-state index contributed by atoms with van der Waals surface area (Å²) < 4.78 is 7.99. The van der Waals surface area contributed by atoms with Crippen LogP contribution in [0.2, 0.25) is 0 Å². The fraction of sp³-hybridized carbons (Fsp3) is 0.286. The molecule has 1 aromatic carbocycles. The molecule has 1 heterocycles. The number of aromatic nitrogens is 2. The molecule has 0 aliphatic heterocycles. The van der Waals surface area contributed by atoms with Crippen LogP contribution in [-0.4, -0.2) is 29.0 Å². The molecule has 20 heavy (non-hydrogen) atoms. The van der Waals surface area contributed by atoms with Gasteiger partial charge in [0.25, 0.3) is 0 Å². The zero-order valence-electron chi connectivity index (χ0n) is 11.2. The number of ketones is 1. The van der Waals surface area contributed by atoms with E-state index in [1.54, 1.807) is 19.6 Å². The molecular formula is C14H16BrN3O2. The zero-order valence-corrected chi connectivity index (χ0v) is 12.8. The third kappa shape index (κ3) is 3.46. The van der Waals surface area contributed by atoms with Crippen LogP contribution in [0.1, 0.15) is 16.1 Å². The molecule has 5 nitrogen and oxygen atoms in total. The van der Waals surface area contributed by atoms with Crippen LogP contribution in [0.25, 0.3) is 0 Å². The molecule has 1 aromatic heterocycles. The van der Waals surface area contributed by atoms with E-state index in [0.29, 0.717) is 24.5 Å². The van der Waals surface area contributed by atoms with Gasteiger partial charge in [0.05, 0.1) is 13.4 Å². The molecule has 2 rings (SSSR count). The Morgan fingerprint density at radius 1 is 1.50 bits per heavy atom. The average molecular weight is 338 g/mol. The normalized spacial score (nSPS) is 10.6. The fourth-order valence-corrected chi connectivity index (χ4v) is 2.33. The number of nitrogens with zero attached hydrogens (tertiary/aromatic N) is 2. The fourth-order valence-electron chi connectivity index (χ4n) is 1.92. The Balaban J connectivity index is 2.16. The summed E-state index contributed by atoms with van der Waals surface area (Å²) in [6.07, 6.45) is 3.60. The second kappa shape index (κ2) is 6.67. The molecule has 0 saturated heterocycles. The van der Waals surface area contributed by atoms with E-state index in [1.807, 2.05) is 22.8 Å². The van der Waals surface area contributed by atoms with Gasteiger partial charge in [0.1, 0.15) is 11.4 Å². The zero-order chi connectivity index (χ0) is 14.5. The summed E-state index contributed by atoms with van der Waals surface area (Å²) in [7, 11) is 1.59. The van der Waals surface area contributed by atoms with E-state index in [4.69, 9.17) is 10.5 Å². The summed E-state index contributed by atoms with van der Waals surface area (Å²) in [6, 6.07) is 5.59. The third-order valence-corrected chi connectivity index (χ3v) is 3.39. The number of halogens is 1. The highest BCUT2D eigenvalue weighted by Gasteiger charge is 2.13. The van der Waals surface area contributed by atoms with Crippen molar-refractivity contribution in [3.8, 4) is 5.75 Å². The number of ether oxygens (including phenoxy) is 1. The summed E-state index contributed by atoms with van der Waals surface area (Å²) in [6.45, 7) is 1.17. The van der Waals surface area contributed by atoms with Crippen LogP contribution in [0.5, 0.6) is 5.75 Å². The molecule has 0 radical (unpaired) electrons. The lowest BCUT2D eigenvalue weighted by Crippen LogP contribution is -2.08. The van der Waals surface area contributed by atoms with Crippen LogP contribution < -0.4 is 10.5 Å². The predicted octanol–water partition coefficient (Wildman–Crippen LogP) is 2.04. The molecule has 106 valence electrons. The Morgan fingerprint density at radius 3 is 3.00 bits per heavy atom. The molecule has 0 bridgehead atoms. The molecule has 0 unspecified atom stereocenters. The van der Waals surface area contributed by atoms with E-state index in [0.717, 1.165) is 10.0 Å². The van der Waals surface area contributed by atoms with Crippen molar-refractivity contribution in [3.63, 3.8) is 0 Å². The minimum Gasteiger partial charge on any atom is -0.496 e. The predicted molar refractivity (Wildman–Crippen MR) is 80.0 cm³/mol. The van der Waals surface area contributed by atoms with E-state index in [2.05, 4.69) is 20.9 Å². The minimum absolute atomic E-state index is 0.0443. The van der Waals surface area contributed by atoms with Crippen LogP contribution in [0.3, 0.4) is 0 Å². The van der Waals surface area contributed by atoms with Crippen LogP contribution in [0, 0.1) is 0 Å². The monoisotopic (exact) mass is 337 g/mol. The smallest absolute Gasteiger partial charge is 0.187 e. The van der Waals surface area contributed by atoms with Gasteiger partial charge in [-0.1, -0.05) is 15.9 Å². The first-order valence-electron chi connectivity index (χ1n) is 6.21. The first kappa shape index (κ1) is 14.7. The van der Waals surface area contributed by atoms with Crippen LogP contribution in [0.4, 0.5) is 0 Å². The Morgan fingerprint density at radius 2 is 2.30 bits per heavy atom. The molecule has 0 fully saturated rings. The third-order valence-electron chi connectivity index (χ3n) is 2.90. The van der Waals surface area contributed by atoms with Crippen LogP contribution in [0.15, 0.2) is 35.2 Å². The molecule has 0 atom stereocenters. The highest BCUT2D eigenvalue weighted by atomic mass is 79.9. The van der Waals surface area contributed by atoms with Crippen LogP contribution >= 0.6 is 15.9 Å². The second-order valence-electron chi connectivity index (χ2n) is 4.34. The van der Waals surface area contributed by atoms with E-state index in [-0.39, 0.29) is 12.2 Å². The van der Waals surface area contributed by atoms with Gasteiger partial charge in [0.15, 0.2) is 5.78 Å². The van der Waals surface area contributed by atoms with Crippen molar-refractivity contribution in [2.75, 3.05) is 13.7 Å². The molecule has 2 N–H and O–H groups in total. The van der Waals surface area contributed by atoms with E-state index in [9.17, 15) is 4.79 Å². The van der Waals surface area contributed by atoms with E-state index >= 15 is 0 Å². The van der Waals surface area contributed by atoms with E-state index in [1.165, 1.54) is 0 Å². The summed E-state index contributed by atoms with van der Waals surface area (Å²) in [5.74, 6) is 0.653. The van der Waals surface area contributed by atoms with Gasteiger partial charge in [-0.2, -0.15) is 0 Å². The van der Waals surface area contributed by atoms with Crippen molar-refractivity contribution >= 4 is 21.7 Å². The lowest BCUT2D eigenvalue weighted by atomic mass is 10.1. The SMILES string of the molecule is COc1ccc(Br)cc1CC(=O)c1cn(CCN)cn1. The van der Waals surface area contributed by atoms with Crippen molar-refractivity contribution in [2.24, 2.45) is 5.73 Å². The highest BCUT2D eigenvalue weighted by Crippen LogP contribution is 2.24. The maximum atomic E-state index is 12.2. The molecule has 0 aliphatic carbocycles. The van der Waals surface area contributed by atoms with Gasteiger partial charge >= 0.3 is 0 Å². The number of nitrogens with two attached hydrogens (primary N) is 1. The van der Waals surface area contributed by atoms with Gasteiger partial charge in [0, 0.05) is 35.7 Å². The molecule has 0 aliphatic rings. The van der Waals surface area contributed by atoms with Crippen LogP contribution in [-0.2, 0) is 13.0 Å². The van der Waals surface area contributed by atoms with Crippen molar-refractivity contribution in [2.45, 2.75) is 13.0 Å². The number of benzene rings is 1. The number of hydrogen-bond acceptors (Lipinski definition) is 4. The number of methoxy groups -OCH3 is 1. The minimum atomic E-state index is -0.0443. The highest BCUT2D eigenvalue weighted by molar-refractivity contribution is 9.10. The first-order chi connectivity index (χ1) is 9.63. The lowest BCUT2D eigenvalue weighted by molar-refractivity contribution is 0.0987. The molecule has 0 spiro atoms. The Hall–Kier alpha value is -1.66. The first-order valence-corrected chi connectivity index (χ1v) is 7.00. The van der Waals surface area contributed by atoms with Crippen molar-refractivity contribution < 1.29 is 9.53 Å². The molecule has 0 amide bonds. The number of carbonyl (C=O) groups is 1. The second-order valence-corrected chi connectivity index (χ2v) is 5.26. The standard InChI is InChI=1S/C14H16BrN3O2/c1-20-14-3-2-11(15)6-10(14)7-13(19)12-8-18(5-4-16)9-17-12/h2-3,6,8-9H,4-5,7,16H2,1H3. The van der Waals surface area contributed by atoms with Crippen molar-refractivity contribution in [1.29, 1.82) is 0 Å². The van der Waals surface area contributed by atoms with Crippen molar-refractivity contribution in [3.05, 3.63) is 46.5 Å². The van der Waals surface area contributed by atoms with Gasteiger partial charge in [0.2, 0.25) is 0 Å². The van der Waals surface area contributed by atoms with Crippen molar-refractivity contribution in [1.82, 2.24) is 9.55 Å². The summed E-state index contributed by atoms with van der Waals surface area (Å²) in [5.41, 5.74) is 6.75. The molecule has 0 saturated carbocycles. The topological polar surface area (TPSA) is 70.1 Å². The van der Waals surface area contributed by atoms with Gasteiger partial charge < -0.3 is 15.0 Å². The summed E-state index contributed by atoms with van der Waals surface area (Å²) >= 11 is 3.40. The van der Waals surface area contributed by atoms with Gasteiger partial charge in [-0.05, 0) is 18.2 Å². The van der Waals surface area contributed by atoms with Gasteiger partial charge in [-0.25, -0.2) is 4.98 Å². The van der Waals surface area contributed by atoms with Gasteiger partial charge in [-0.15, -0.1) is 0 Å². The Labute approximate surface area is 125 Å². The molecule has 6 heteroatoms. The number of rotatable bonds is 6. The number of Topliss-reactive ketones (excluding diaryl/α,β-unsaturated/α-hetero) is 1.